The zero-order valence-corrected chi connectivity index (χ0v) is 12.2. The molecular weight excluding hydrogens is 256 g/mol. The summed E-state index contributed by atoms with van der Waals surface area (Å²) < 4.78 is 5.43. The average molecular weight is 280 g/mol. The predicted octanol–water partition coefficient (Wildman–Crippen LogP) is 1.61. The standard InChI is InChI=1S/C14H24N4O2/c1-3-4-7-20-8-5-6-16-14(19)12-10-17-11(2)9-13(12)18-15/h9-10H,3-8,15H2,1-2H3,(H,16,19)(H,17,18). The summed E-state index contributed by atoms with van der Waals surface area (Å²) in [4.78, 5) is 16.1. The Kier molecular flexibility index (Phi) is 7.60. The number of hydrogen-bond acceptors (Lipinski definition) is 5. The van der Waals surface area contributed by atoms with Crippen LogP contribution in [0.1, 0.15) is 42.2 Å². The van der Waals surface area contributed by atoms with Crippen molar-refractivity contribution in [2.45, 2.75) is 33.1 Å². The number of hydrogen-bond donors (Lipinski definition) is 3. The molecule has 6 nitrogen and oxygen atoms in total. The fraction of sp³-hybridized carbons (Fsp3) is 0.571. The van der Waals surface area contributed by atoms with Crippen molar-refractivity contribution >= 4 is 11.6 Å². The summed E-state index contributed by atoms with van der Waals surface area (Å²) in [6.45, 7) is 5.99. The van der Waals surface area contributed by atoms with E-state index in [1.54, 1.807) is 6.07 Å². The number of unbranched alkanes of at least 4 members (excludes halogenated alkanes) is 1. The van der Waals surface area contributed by atoms with E-state index < -0.39 is 0 Å². The molecule has 20 heavy (non-hydrogen) atoms. The minimum Gasteiger partial charge on any atom is -0.381 e. The molecule has 112 valence electrons. The van der Waals surface area contributed by atoms with Gasteiger partial charge in [-0.25, -0.2) is 0 Å². The SMILES string of the molecule is CCCCOCCCNC(=O)c1cnc(C)cc1NN. The maximum atomic E-state index is 12.0. The molecule has 0 aromatic carbocycles. The lowest BCUT2D eigenvalue weighted by atomic mass is 10.2. The molecular formula is C14H24N4O2. The average Bonchev–Trinajstić information content (AvgIpc) is 2.45. The van der Waals surface area contributed by atoms with Crippen LogP contribution in [0.2, 0.25) is 0 Å². The first-order valence-corrected chi connectivity index (χ1v) is 6.98. The van der Waals surface area contributed by atoms with Crippen molar-refractivity contribution < 1.29 is 9.53 Å². The number of pyridine rings is 1. The molecule has 1 aromatic heterocycles. The first-order valence-electron chi connectivity index (χ1n) is 6.98. The van der Waals surface area contributed by atoms with Crippen LogP contribution in [0.4, 0.5) is 5.69 Å². The van der Waals surface area contributed by atoms with Gasteiger partial charge in [0.05, 0.1) is 11.3 Å². The molecule has 0 fully saturated rings. The third-order valence-corrected chi connectivity index (χ3v) is 2.83. The van der Waals surface area contributed by atoms with E-state index in [1.807, 2.05) is 6.92 Å². The van der Waals surface area contributed by atoms with Gasteiger partial charge in [-0.3, -0.25) is 15.6 Å². The van der Waals surface area contributed by atoms with Gasteiger partial charge in [-0.15, -0.1) is 0 Å². The number of hydrazine groups is 1. The van der Waals surface area contributed by atoms with Gasteiger partial charge in [-0.2, -0.15) is 0 Å². The molecule has 0 unspecified atom stereocenters. The van der Waals surface area contributed by atoms with Crippen molar-refractivity contribution in [1.29, 1.82) is 0 Å². The molecule has 6 heteroatoms. The predicted molar refractivity (Wildman–Crippen MR) is 79.5 cm³/mol. The van der Waals surface area contributed by atoms with Crippen LogP contribution < -0.4 is 16.6 Å². The van der Waals surface area contributed by atoms with E-state index in [-0.39, 0.29) is 5.91 Å². The summed E-state index contributed by atoms with van der Waals surface area (Å²) in [6, 6.07) is 1.74. The first-order chi connectivity index (χ1) is 9.69. The van der Waals surface area contributed by atoms with Crippen LogP contribution in [0.15, 0.2) is 12.3 Å². The van der Waals surface area contributed by atoms with E-state index in [2.05, 4.69) is 22.7 Å². The minimum atomic E-state index is -0.181. The number of amides is 1. The molecule has 0 aliphatic rings. The Balaban J connectivity index is 2.32. The Morgan fingerprint density at radius 1 is 1.40 bits per heavy atom. The first kappa shape index (κ1) is 16.4. The van der Waals surface area contributed by atoms with Crippen molar-refractivity contribution in [1.82, 2.24) is 10.3 Å². The second-order valence-electron chi connectivity index (χ2n) is 4.59. The van der Waals surface area contributed by atoms with E-state index in [9.17, 15) is 4.79 Å². The van der Waals surface area contributed by atoms with Gasteiger partial charge >= 0.3 is 0 Å². The van der Waals surface area contributed by atoms with Crippen molar-refractivity contribution in [2.24, 2.45) is 5.84 Å². The van der Waals surface area contributed by atoms with Gasteiger partial charge in [0.1, 0.15) is 0 Å². The molecule has 1 amide bonds. The molecule has 0 spiro atoms. The van der Waals surface area contributed by atoms with Crippen LogP contribution in [0, 0.1) is 6.92 Å². The van der Waals surface area contributed by atoms with Gasteiger partial charge in [-0.1, -0.05) is 13.3 Å². The molecule has 0 bridgehead atoms. The normalized spacial score (nSPS) is 10.3. The van der Waals surface area contributed by atoms with Gasteiger partial charge in [-0.05, 0) is 25.8 Å². The van der Waals surface area contributed by atoms with E-state index in [4.69, 9.17) is 10.6 Å². The Morgan fingerprint density at radius 3 is 2.85 bits per heavy atom. The third kappa shape index (κ3) is 5.54. The fourth-order valence-corrected chi connectivity index (χ4v) is 1.68. The number of nitrogens with one attached hydrogen (secondary N) is 2. The topological polar surface area (TPSA) is 89.3 Å². The molecule has 1 rings (SSSR count). The van der Waals surface area contributed by atoms with Crippen molar-refractivity contribution in [3.8, 4) is 0 Å². The van der Waals surface area contributed by atoms with E-state index >= 15 is 0 Å². The zero-order chi connectivity index (χ0) is 14.8. The number of carbonyl (C=O) groups excluding carboxylic acids is 1. The summed E-state index contributed by atoms with van der Waals surface area (Å²) >= 11 is 0. The number of carbonyl (C=O) groups is 1. The molecule has 1 heterocycles. The Morgan fingerprint density at radius 2 is 2.15 bits per heavy atom. The van der Waals surface area contributed by atoms with Crippen LogP contribution in [-0.4, -0.2) is 30.6 Å². The maximum absolute atomic E-state index is 12.0. The second kappa shape index (κ2) is 9.28. The van der Waals surface area contributed by atoms with E-state index in [0.717, 1.165) is 31.6 Å². The maximum Gasteiger partial charge on any atom is 0.255 e. The number of nitrogens with zero attached hydrogens (tertiary/aromatic N) is 1. The van der Waals surface area contributed by atoms with Crippen LogP contribution in [0.3, 0.4) is 0 Å². The number of aromatic nitrogens is 1. The van der Waals surface area contributed by atoms with Gasteiger partial charge in [0, 0.05) is 31.6 Å². The molecule has 0 saturated heterocycles. The Hall–Kier alpha value is -1.66. The molecule has 0 radical (unpaired) electrons. The van der Waals surface area contributed by atoms with E-state index in [0.29, 0.717) is 24.4 Å². The molecule has 4 N–H and O–H groups in total. The largest absolute Gasteiger partial charge is 0.381 e. The van der Waals surface area contributed by atoms with Gasteiger partial charge in [0.15, 0.2) is 0 Å². The van der Waals surface area contributed by atoms with Gasteiger partial charge < -0.3 is 15.5 Å². The highest BCUT2D eigenvalue weighted by Crippen LogP contribution is 2.13. The summed E-state index contributed by atoms with van der Waals surface area (Å²) in [7, 11) is 0. The molecule has 0 saturated carbocycles. The van der Waals surface area contributed by atoms with Crippen LogP contribution in [0.5, 0.6) is 0 Å². The number of nitrogen functional groups attached to an aromatic ring is 1. The van der Waals surface area contributed by atoms with Crippen LogP contribution in [-0.2, 0) is 4.74 Å². The summed E-state index contributed by atoms with van der Waals surface area (Å²) in [5.74, 6) is 5.22. The van der Waals surface area contributed by atoms with Crippen molar-refractivity contribution in [3.63, 3.8) is 0 Å². The quantitative estimate of drug-likeness (QED) is 0.363. The second-order valence-corrected chi connectivity index (χ2v) is 4.59. The minimum absolute atomic E-state index is 0.181. The lowest BCUT2D eigenvalue weighted by Crippen LogP contribution is -2.27. The number of ether oxygens (including phenoxy) is 1. The lowest BCUT2D eigenvalue weighted by molar-refractivity contribution is 0.0941. The highest BCUT2D eigenvalue weighted by molar-refractivity contribution is 5.99. The monoisotopic (exact) mass is 280 g/mol. The van der Waals surface area contributed by atoms with Crippen LogP contribution in [0.25, 0.3) is 0 Å². The molecule has 0 atom stereocenters. The molecule has 0 aliphatic heterocycles. The van der Waals surface area contributed by atoms with Gasteiger partial charge in [0.2, 0.25) is 0 Å². The summed E-state index contributed by atoms with van der Waals surface area (Å²) in [5.41, 5.74) is 4.35. The summed E-state index contributed by atoms with van der Waals surface area (Å²) in [6.07, 6.45) is 4.52. The third-order valence-electron chi connectivity index (χ3n) is 2.83. The Bertz CT molecular complexity index is 424. The molecule has 0 aliphatic carbocycles. The lowest BCUT2D eigenvalue weighted by Gasteiger charge is -2.10. The highest BCUT2D eigenvalue weighted by atomic mass is 16.5. The van der Waals surface area contributed by atoms with Gasteiger partial charge in [0.25, 0.3) is 5.91 Å². The number of nitrogens with two attached hydrogens (primary N) is 1. The van der Waals surface area contributed by atoms with E-state index in [1.165, 1.54) is 6.20 Å². The highest BCUT2D eigenvalue weighted by Gasteiger charge is 2.11. The van der Waals surface area contributed by atoms with Crippen molar-refractivity contribution in [2.75, 3.05) is 25.2 Å². The Labute approximate surface area is 120 Å². The van der Waals surface area contributed by atoms with Crippen LogP contribution >= 0.6 is 0 Å². The smallest absolute Gasteiger partial charge is 0.255 e. The molecule has 1 aromatic rings. The van der Waals surface area contributed by atoms with Crippen molar-refractivity contribution in [3.05, 3.63) is 23.5 Å². The number of aryl methyl sites for hydroxylation is 1. The fourth-order valence-electron chi connectivity index (χ4n) is 1.68. The number of anilines is 1. The zero-order valence-electron chi connectivity index (χ0n) is 12.2. The number of rotatable bonds is 9. The summed E-state index contributed by atoms with van der Waals surface area (Å²) in [5, 5.41) is 2.83.